The molecule has 0 radical (unpaired) electrons. The zero-order valence-electron chi connectivity index (χ0n) is 9.93. The van der Waals surface area contributed by atoms with Gasteiger partial charge in [-0.05, 0) is 23.6 Å². The van der Waals surface area contributed by atoms with Gasteiger partial charge in [-0.3, -0.25) is 0 Å². The van der Waals surface area contributed by atoms with Crippen LogP contribution in [0.15, 0.2) is 54.6 Å². The largest absolute Gasteiger partial charge is 0.384 e. The number of benzene rings is 2. The molecule has 3 N–H and O–H groups in total. The molecule has 88 valence electrons. The third-order valence-corrected chi connectivity index (χ3v) is 3.01. The molecule has 0 aromatic heterocycles. The highest BCUT2D eigenvalue weighted by atomic mass is 16.3. The van der Waals surface area contributed by atoms with E-state index in [0.717, 1.165) is 11.1 Å². The van der Waals surface area contributed by atoms with Crippen molar-refractivity contribution in [1.82, 2.24) is 0 Å². The fourth-order valence-electron chi connectivity index (χ4n) is 1.77. The van der Waals surface area contributed by atoms with Crippen molar-refractivity contribution in [3.8, 4) is 11.1 Å². The molecule has 0 aliphatic rings. The van der Waals surface area contributed by atoms with Gasteiger partial charge in [0.25, 0.3) is 0 Å². The highest BCUT2D eigenvalue weighted by Crippen LogP contribution is 2.24. The molecule has 0 bridgehead atoms. The SMILES string of the molecule is CC(O)(CN)c1ccc(-c2ccccc2)cc1. The van der Waals surface area contributed by atoms with Crippen molar-refractivity contribution in [2.45, 2.75) is 12.5 Å². The molecule has 0 saturated heterocycles. The van der Waals surface area contributed by atoms with E-state index >= 15 is 0 Å². The van der Waals surface area contributed by atoms with Gasteiger partial charge in [0.1, 0.15) is 0 Å². The minimum absolute atomic E-state index is 0.220. The van der Waals surface area contributed by atoms with E-state index in [0.29, 0.717) is 0 Å². The quantitative estimate of drug-likeness (QED) is 0.846. The third kappa shape index (κ3) is 2.54. The maximum atomic E-state index is 10.0. The lowest BCUT2D eigenvalue weighted by Gasteiger charge is -2.21. The van der Waals surface area contributed by atoms with Gasteiger partial charge in [-0.25, -0.2) is 0 Å². The Morgan fingerprint density at radius 2 is 1.47 bits per heavy atom. The molecule has 1 unspecified atom stereocenters. The fraction of sp³-hybridized carbons (Fsp3) is 0.200. The van der Waals surface area contributed by atoms with Gasteiger partial charge in [0.05, 0.1) is 5.60 Å². The average Bonchev–Trinajstić information content (AvgIpc) is 2.40. The molecule has 0 fully saturated rings. The van der Waals surface area contributed by atoms with Gasteiger partial charge in [-0.15, -0.1) is 0 Å². The molecule has 0 aliphatic heterocycles. The van der Waals surface area contributed by atoms with Gasteiger partial charge >= 0.3 is 0 Å². The van der Waals surface area contributed by atoms with E-state index in [4.69, 9.17) is 5.73 Å². The topological polar surface area (TPSA) is 46.2 Å². The van der Waals surface area contributed by atoms with E-state index in [1.807, 2.05) is 42.5 Å². The first-order valence-electron chi connectivity index (χ1n) is 5.72. The minimum Gasteiger partial charge on any atom is -0.384 e. The molecular formula is C15H17NO. The van der Waals surface area contributed by atoms with Crippen LogP contribution in [0.3, 0.4) is 0 Å². The van der Waals surface area contributed by atoms with E-state index in [9.17, 15) is 5.11 Å². The van der Waals surface area contributed by atoms with Gasteiger partial charge in [0.2, 0.25) is 0 Å². The molecule has 0 heterocycles. The smallest absolute Gasteiger partial charge is 0.0990 e. The summed E-state index contributed by atoms with van der Waals surface area (Å²) in [7, 11) is 0. The van der Waals surface area contributed by atoms with Crippen molar-refractivity contribution in [2.24, 2.45) is 5.73 Å². The van der Waals surface area contributed by atoms with Gasteiger partial charge in [0.15, 0.2) is 0 Å². The standard InChI is InChI=1S/C15H17NO/c1-15(17,11-16)14-9-7-13(8-10-14)12-5-3-2-4-6-12/h2-10,17H,11,16H2,1H3. The predicted molar refractivity (Wildman–Crippen MR) is 70.5 cm³/mol. The van der Waals surface area contributed by atoms with Crippen LogP contribution in [0, 0.1) is 0 Å². The number of rotatable bonds is 3. The van der Waals surface area contributed by atoms with Crippen LogP contribution in [0.5, 0.6) is 0 Å². The van der Waals surface area contributed by atoms with Crippen LogP contribution >= 0.6 is 0 Å². The molecule has 2 rings (SSSR count). The van der Waals surface area contributed by atoms with Crippen molar-refractivity contribution in [3.05, 3.63) is 60.2 Å². The van der Waals surface area contributed by atoms with E-state index in [1.54, 1.807) is 6.92 Å². The van der Waals surface area contributed by atoms with Crippen molar-refractivity contribution >= 4 is 0 Å². The summed E-state index contributed by atoms with van der Waals surface area (Å²) in [5, 5.41) is 10.0. The maximum absolute atomic E-state index is 10.0. The summed E-state index contributed by atoms with van der Waals surface area (Å²) in [6.07, 6.45) is 0. The van der Waals surface area contributed by atoms with Crippen molar-refractivity contribution in [2.75, 3.05) is 6.54 Å². The summed E-state index contributed by atoms with van der Waals surface area (Å²) >= 11 is 0. The molecular weight excluding hydrogens is 210 g/mol. The van der Waals surface area contributed by atoms with Crippen molar-refractivity contribution < 1.29 is 5.11 Å². The zero-order valence-corrected chi connectivity index (χ0v) is 9.93. The highest BCUT2D eigenvalue weighted by Gasteiger charge is 2.20. The molecule has 0 amide bonds. The summed E-state index contributed by atoms with van der Waals surface area (Å²) in [5.74, 6) is 0. The lowest BCUT2D eigenvalue weighted by molar-refractivity contribution is 0.0668. The Hall–Kier alpha value is -1.64. The van der Waals surface area contributed by atoms with E-state index < -0.39 is 5.60 Å². The molecule has 2 aromatic rings. The first kappa shape index (κ1) is 11.8. The van der Waals surface area contributed by atoms with E-state index in [-0.39, 0.29) is 6.54 Å². The Morgan fingerprint density at radius 1 is 0.941 bits per heavy atom. The van der Waals surface area contributed by atoms with Gasteiger partial charge in [-0.1, -0.05) is 54.6 Å². The van der Waals surface area contributed by atoms with E-state index in [1.165, 1.54) is 5.56 Å². The summed E-state index contributed by atoms with van der Waals surface area (Å²) < 4.78 is 0. The van der Waals surface area contributed by atoms with Crippen LogP contribution in [0.2, 0.25) is 0 Å². The van der Waals surface area contributed by atoms with Gasteiger partial charge in [-0.2, -0.15) is 0 Å². The molecule has 1 atom stereocenters. The zero-order chi connectivity index (χ0) is 12.3. The summed E-state index contributed by atoms with van der Waals surface area (Å²) in [6, 6.07) is 18.0. The Bertz CT molecular complexity index is 474. The van der Waals surface area contributed by atoms with Crippen LogP contribution in [0.25, 0.3) is 11.1 Å². The van der Waals surface area contributed by atoms with Crippen molar-refractivity contribution in [3.63, 3.8) is 0 Å². The maximum Gasteiger partial charge on any atom is 0.0990 e. The van der Waals surface area contributed by atoms with E-state index in [2.05, 4.69) is 12.1 Å². The number of aliphatic hydroxyl groups is 1. The molecule has 0 aliphatic carbocycles. The van der Waals surface area contributed by atoms with Crippen LogP contribution in [-0.2, 0) is 5.60 Å². The number of hydrogen-bond acceptors (Lipinski definition) is 2. The van der Waals surface area contributed by atoms with Crippen LogP contribution in [-0.4, -0.2) is 11.7 Å². The Morgan fingerprint density at radius 3 is 2.00 bits per heavy atom. The Labute approximate surface area is 102 Å². The summed E-state index contributed by atoms with van der Waals surface area (Å²) in [6.45, 7) is 1.95. The monoisotopic (exact) mass is 227 g/mol. The lowest BCUT2D eigenvalue weighted by Crippen LogP contribution is -2.31. The van der Waals surface area contributed by atoms with Gasteiger partial charge in [0, 0.05) is 6.54 Å². The summed E-state index contributed by atoms with van der Waals surface area (Å²) in [4.78, 5) is 0. The van der Waals surface area contributed by atoms with Crippen LogP contribution < -0.4 is 5.73 Å². The second-order valence-corrected chi connectivity index (χ2v) is 4.42. The lowest BCUT2D eigenvalue weighted by atomic mass is 9.94. The average molecular weight is 227 g/mol. The second-order valence-electron chi connectivity index (χ2n) is 4.42. The highest BCUT2D eigenvalue weighted by molar-refractivity contribution is 5.63. The number of nitrogens with two attached hydrogens (primary N) is 1. The molecule has 2 aromatic carbocycles. The minimum atomic E-state index is -0.949. The van der Waals surface area contributed by atoms with Crippen LogP contribution in [0.4, 0.5) is 0 Å². The first-order chi connectivity index (χ1) is 8.13. The summed E-state index contributed by atoms with van der Waals surface area (Å²) in [5.41, 5.74) is 7.75. The predicted octanol–water partition coefficient (Wildman–Crippen LogP) is 2.52. The Balaban J connectivity index is 2.31. The molecule has 0 spiro atoms. The van der Waals surface area contributed by atoms with Crippen LogP contribution in [0.1, 0.15) is 12.5 Å². The molecule has 0 saturated carbocycles. The molecule has 17 heavy (non-hydrogen) atoms. The molecule has 2 nitrogen and oxygen atoms in total. The fourth-order valence-corrected chi connectivity index (χ4v) is 1.77. The first-order valence-corrected chi connectivity index (χ1v) is 5.72. The second kappa shape index (κ2) is 4.70. The van der Waals surface area contributed by atoms with Gasteiger partial charge < -0.3 is 10.8 Å². The third-order valence-electron chi connectivity index (χ3n) is 3.01. The normalized spacial score (nSPS) is 14.3. The number of hydrogen-bond donors (Lipinski definition) is 2. The molecule has 2 heteroatoms. The Kier molecular flexibility index (Phi) is 3.27. The van der Waals surface area contributed by atoms with Crippen molar-refractivity contribution in [1.29, 1.82) is 0 Å².